The van der Waals surface area contributed by atoms with E-state index in [1.807, 2.05) is 6.92 Å². The monoisotopic (exact) mass is 190 g/mol. The van der Waals surface area contributed by atoms with Gasteiger partial charge in [0.2, 0.25) is 0 Å². The minimum Gasteiger partial charge on any atom is -0.352 e. The highest BCUT2D eigenvalue weighted by atomic mass is 16.7. The quantitative estimate of drug-likeness (QED) is 0.465. The number of hydrogen-bond donors (Lipinski definition) is 0. The Balaban J connectivity index is 4.25. The standard InChI is InChI=1S/C9H18O4/c1-7(9(12-4)13-5)6-8(10-2)11-3/h6,8-9H,1-5H3/b7-6+. The van der Waals surface area contributed by atoms with Crippen LogP contribution < -0.4 is 0 Å². The summed E-state index contributed by atoms with van der Waals surface area (Å²) in [5.74, 6) is 0. The van der Waals surface area contributed by atoms with Crippen LogP contribution in [0.2, 0.25) is 0 Å². The average Bonchev–Trinajstić information content (AvgIpc) is 2.16. The zero-order valence-corrected chi connectivity index (χ0v) is 8.87. The van der Waals surface area contributed by atoms with Crippen LogP contribution in [0.25, 0.3) is 0 Å². The maximum absolute atomic E-state index is 5.05. The molecule has 0 atom stereocenters. The third kappa shape index (κ3) is 4.38. The second kappa shape index (κ2) is 7.03. The molecule has 0 aliphatic rings. The molecule has 0 N–H and O–H groups in total. The summed E-state index contributed by atoms with van der Waals surface area (Å²) in [6, 6.07) is 0. The van der Waals surface area contributed by atoms with Gasteiger partial charge in [-0.25, -0.2) is 0 Å². The van der Waals surface area contributed by atoms with Crippen LogP contribution in [0.5, 0.6) is 0 Å². The van der Waals surface area contributed by atoms with Gasteiger partial charge >= 0.3 is 0 Å². The first-order chi connectivity index (χ1) is 6.19. The Bertz CT molecular complexity index is 148. The van der Waals surface area contributed by atoms with Crippen molar-refractivity contribution < 1.29 is 18.9 Å². The normalized spacial score (nSPS) is 13.0. The molecule has 0 radical (unpaired) electrons. The summed E-state index contributed by atoms with van der Waals surface area (Å²) in [4.78, 5) is 0. The fourth-order valence-corrected chi connectivity index (χ4v) is 0.994. The molecule has 0 saturated heterocycles. The fourth-order valence-electron chi connectivity index (χ4n) is 0.994. The van der Waals surface area contributed by atoms with Crippen molar-refractivity contribution in [3.05, 3.63) is 11.6 Å². The van der Waals surface area contributed by atoms with E-state index in [2.05, 4.69) is 0 Å². The molecular formula is C9H18O4. The van der Waals surface area contributed by atoms with Crippen molar-refractivity contribution in [3.63, 3.8) is 0 Å². The maximum Gasteiger partial charge on any atom is 0.178 e. The van der Waals surface area contributed by atoms with Crippen molar-refractivity contribution in [2.24, 2.45) is 0 Å². The van der Waals surface area contributed by atoms with Gasteiger partial charge in [-0.2, -0.15) is 0 Å². The lowest BCUT2D eigenvalue weighted by molar-refractivity contribution is -0.0852. The van der Waals surface area contributed by atoms with Gasteiger partial charge in [-0.3, -0.25) is 0 Å². The van der Waals surface area contributed by atoms with Gasteiger partial charge in [0.1, 0.15) is 0 Å². The van der Waals surface area contributed by atoms with E-state index in [0.29, 0.717) is 0 Å². The molecule has 78 valence electrons. The molecule has 0 amide bonds. The summed E-state index contributed by atoms with van der Waals surface area (Å²) in [6.45, 7) is 1.89. The van der Waals surface area contributed by atoms with Crippen molar-refractivity contribution >= 4 is 0 Å². The molecule has 0 fully saturated rings. The Hall–Kier alpha value is -0.420. The second-order valence-corrected chi connectivity index (χ2v) is 2.55. The molecule has 0 unspecified atom stereocenters. The van der Waals surface area contributed by atoms with Crippen molar-refractivity contribution in [2.45, 2.75) is 19.5 Å². The summed E-state index contributed by atoms with van der Waals surface area (Å²) >= 11 is 0. The van der Waals surface area contributed by atoms with Gasteiger partial charge in [-0.1, -0.05) is 0 Å². The average molecular weight is 190 g/mol. The largest absolute Gasteiger partial charge is 0.352 e. The summed E-state index contributed by atoms with van der Waals surface area (Å²) in [5, 5.41) is 0. The van der Waals surface area contributed by atoms with E-state index in [0.717, 1.165) is 5.57 Å². The topological polar surface area (TPSA) is 36.9 Å². The Morgan fingerprint density at radius 3 is 1.69 bits per heavy atom. The van der Waals surface area contributed by atoms with E-state index >= 15 is 0 Å². The first-order valence-corrected chi connectivity index (χ1v) is 3.99. The zero-order valence-electron chi connectivity index (χ0n) is 8.87. The first-order valence-electron chi connectivity index (χ1n) is 3.99. The van der Waals surface area contributed by atoms with Crippen LogP contribution in [-0.4, -0.2) is 41.0 Å². The van der Waals surface area contributed by atoms with Gasteiger partial charge in [0.15, 0.2) is 12.6 Å². The van der Waals surface area contributed by atoms with Crippen LogP contribution >= 0.6 is 0 Å². The van der Waals surface area contributed by atoms with Crippen LogP contribution in [0, 0.1) is 0 Å². The van der Waals surface area contributed by atoms with E-state index in [1.54, 1.807) is 34.5 Å². The van der Waals surface area contributed by atoms with Crippen molar-refractivity contribution in [2.75, 3.05) is 28.4 Å². The highest BCUT2D eigenvalue weighted by Gasteiger charge is 2.10. The Labute approximate surface area is 79.4 Å². The van der Waals surface area contributed by atoms with Crippen LogP contribution in [0.1, 0.15) is 6.92 Å². The van der Waals surface area contributed by atoms with E-state index in [4.69, 9.17) is 18.9 Å². The predicted octanol–water partition coefficient (Wildman–Crippen LogP) is 1.17. The minimum atomic E-state index is -0.354. The molecule has 0 aromatic rings. The van der Waals surface area contributed by atoms with E-state index in [1.165, 1.54) is 0 Å². The summed E-state index contributed by atoms with van der Waals surface area (Å²) < 4.78 is 20.1. The van der Waals surface area contributed by atoms with Crippen LogP contribution in [0.3, 0.4) is 0 Å². The fraction of sp³-hybridized carbons (Fsp3) is 0.778. The van der Waals surface area contributed by atoms with Crippen LogP contribution in [0.15, 0.2) is 11.6 Å². The summed E-state index contributed by atoms with van der Waals surface area (Å²) in [5.41, 5.74) is 0.915. The Morgan fingerprint density at radius 1 is 0.923 bits per heavy atom. The van der Waals surface area contributed by atoms with Crippen molar-refractivity contribution in [1.82, 2.24) is 0 Å². The van der Waals surface area contributed by atoms with Gasteiger partial charge in [0, 0.05) is 28.4 Å². The Morgan fingerprint density at radius 2 is 1.38 bits per heavy atom. The highest BCUT2D eigenvalue weighted by Crippen LogP contribution is 2.08. The van der Waals surface area contributed by atoms with E-state index in [9.17, 15) is 0 Å². The molecule has 0 aliphatic carbocycles. The second-order valence-electron chi connectivity index (χ2n) is 2.55. The molecule has 0 spiro atoms. The minimum absolute atomic E-state index is 0.340. The predicted molar refractivity (Wildman–Crippen MR) is 49.4 cm³/mol. The lowest BCUT2D eigenvalue weighted by Crippen LogP contribution is -2.18. The SMILES string of the molecule is COC(/C=C(\C)C(OC)OC)OC. The molecule has 4 nitrogen and oxygen atoms in total. The molecule has 0 aliphatic heterocycles. The van der Waals surface area contributed by atoms with Crippen molar-refractivity contribution in [3.8, 4) is 0 Å². The van der Waals surface area contributed by atoms with Gasteiger partial charge in [-0.05, 0) is 18.6 Å². The highest BCUT2D eigenvalue weighted by molar-refractivity contribution is 5.03. The third-order valence-electron chi connectivity index (χ3n) is 1.66. The lowest BCUT2D eigenvalue weighted by atomic mass is 10.2. The number of methoxy groups -OCH3 is 4. The number of ether oxygens (including phenoxy) is 4. The van der Waals surface area contributed by atoms with Gasteiger partial charge in [-0.15, -0.1) is 0 Å². The lowest BCUT2D eigenvalue weighted by Gasteiger charge is -2.16. The van der Waals surface area contributed by atoms with Gasteiger partial charge < -0.3 is 18.9 Å². The molecule has 13 heavy (non-hydrogen) atoms. The summed E-state index contributed by atoms with van der Waals surface area (Å²) in [6.07, 6.45) is 1.11. The molecule has 0 bridgehead atoms. The van der Waals surface area contributed by atoms with Gasteiger partial charge in [0.05, 0.1) is 0 Å². The third-order valence-corrected chi connectivity index (χ3v) is 1.66. The zero-order chi connectivity index (χ0) is 10.3. The molecular weight excluding hydrogens is 172 g/mol. The summed E-state index contributed by atoms with van der Waals surface area (Å²) in [7, 11) is 6.32. The number of hydrogen-bond acceptors (Lipinski definition) is 4. The van der Waals surface area contributed by atoms with Crippen LogP contribution in [0.4, 0.5) is 0 Å². The molecule has 0 aromatic carbocycles. The maximum atomic E-state index is 5.05. The molecule has 0 saturated carbocycles. The molecule has 4 heteroatoms. The van der Waals surface area contributed by atoms with Gasteiger partial charge in [0.25, 0.3) is 0 Å². The Kier molecular flexibility index (Phi) is 6.80. The number of rotatable bonds is 6. The van der Waals surface area contributed by atoms with Crippen LogP contribution in [-0.2, 0) is 18.9 Å². The first kappa shape index (κ1) is 12.6. The molecule has 0 heterocycles. The molecule has 0 aromatic heterocycles. The van der Waals surface area contributed by atoms with Crippen molar-refractivity contribution in [1.29, 1.82) is 0 Å². The van der Waals surface area contributed by atoms with E-state index < -0.39 is 0 Å². The molecule has 0 rings (SSSR count). The van der Waals surface area contributed by atoms with E-state index in [-0.39, 0.29) is 12.6 Å². The smallest absolute Gasteiger partial charge is 0.178 e.